The molecule has 0 aliphatic carbocycles. The van der Waals surface area contributed by atoms with E-state index in [0.29, 0.717) is 12.5 Å². The Kier molecular flexibility index (Phi) is 4.76. The third kappa shape index (κ3) is 3.32. The van der Waals surface area contributed by atoms with Crippen LogP contribution in [0.3, 0.4) is 0 Å². The fourth-order valence-corrected chi connectivity index (χ4v) is 3.08. The van der Waals surface area contributed by atoms with Crippen LogP contribution < -0.4 is 5.73 Å². The molecule has 0 radical (unpaired) electrons. The molecule has 5 nitrogen and oxygen atoms in total. The maximum atomic E-state index is 5.74. The van der Waals surface area contributed by atoms with Gasteiger partial charge in [-0.25, -0.2) is 4.98 Å². The molecule has 2 aromatic rings. The van der Waals surface area contributed by atoms with Gasteiger partial charge in [0.15, 0.2) is 0 Å². The van der Waals surface area contributed by atoms with Gasteiger partial charge in [0.2, 0.25) is 0 Å². The van der Waals surface area contributed by atoms with Gasteiger partial charge in [-0.3, -0.25) is 4.90 Å². The van der Waals surface area contributed by atoms with Crippen LogP contribution in [0, 0.1) is 5.92 Å². The second kappa shape index (κ2) is 6.77. The highest BCUT2D eigenvalue weighted by atomic mass is 16.5. The van der Waals surface area contributed by atoms with Gasteiger partial charge in [-0.2, -0.15) is 0 Å². The average Bonchev–Trinajstić information content (AvgIpc) is 2.85. The Morgan fingerprint density at radius 3 is 2.95 bits per heavy atom. The lowest BCUT2D eigenvalue weighted by Gasteiger charge is -2.32. The zero-order valence-electron chi connectivity index (χ0n) is 13.5. The number of ether oxygens (including phenoxy) is 1. The lowest BCUT2D eigenvalue weighted by atomic mass is 10.2. The maximum Gasteiger partial charge on any atom is 0.124 e. The minimum absolute atomic E-state index is 0.150. The van der Waals surface area contributed by atoms with Crippen LogP contribution in [0.4, 0.5) is 0 Å². The summed E-state index contributed by atoms with van der Waals surface area (Å²) >= 11 is 0. The third-order valence-electron chi connectivity index (χ3n) is 4.13. The Morgan fingerprint density at radius 2 is 2.18 bits per heavy atom. The lowest BCUT2D eigenvalue weighted by molar-refractivity contribution is -0.0271. The number of hydrogen-bond donors (Lipinski definition) is 1. The van der Waals surface area contributed by atoms with Crippen molar-refractivity contribution in [2.45, 2.75) is 33.0 Å². The predicted octanol–water partition coefficient (Wildman–Crippen LogP) is 1.85. The quantitative estimate of drug-likeness (QED) is 0.916. The number of benzene rings is 1. The number of rotatable bonds is 5. The van der Waals surface area contributed by atoms with Gasteiger partial charge in [0.25, 0.3) is 0 Å². The van der Waals surface area contributed by atoms with Crippen molar-refractivity contribution in [1.82, 2.24) is 14.5 Å². The fourth-order valence-electron chi connectivity index (χ4n) is 3.08. The number of fused-ring (bicyclic) bond motifs is 1. The van der Waals surface area contributed by atoms with Gasteiger partial charge in [-0.1, -0.05) is 26.0 Å². The van der Waals surface area contributed by atoms with Gasteiger partial charge >= 0.3 is 0 Å². The molecule has 1 saturated heterocycles. The molecule has 0 bridgehead atoms. The molecule has 1 aromatic heterocycles. The average molecular weight is 302 g/mol. The molecule has 0 unspecified atom stereocenters. The largest absolute Gasteiger partial charge is 0.374 e. The van der Waals surface area contributed by atoms with Crippen LogP contribution in [0.5, 0.6) is 0 Å². The highest BCUT2D eigenvalue weighted by molar-refractivity contribution is 5.75. The molecule has 22 heavy (non-hydrogen) atoms. The summed E-state index contributed by atoms with van der Waals surface area (Å²) in [4.78, 5) is 7.26. The van der Waals surface area contributed by atoms with Crippen molar-refractivity contribution in [3.63, 3.8) is 0 Å². The Hall–Kier alpha value is -1.43. The van der Waals surface area contributed by atoms with Gasteiger partial charge in [-0.05, 0) is 18.1 Å². The molecule has 5 heteroatoms. The van der Waals surface area contributed by atoms with Crippen molar-refractivity contribution in [2.24, 2.45) is 11.7 Å². The number of imidazole rings is 1. The van der Waals surface area contributed by atoms with Crippen molar-refractivity contribution in [3.8, 4) is 0 Å². The topological polar surface area (TPSA) is 56.3 Å². The van der Waals surface area contributed by atoms with Crippen molar-refractivity contribution in [1.29, 1.82) is 0 Å². The molecule has 2 N–H and O–H groups in total. The monoisotopic (exact) mass is 302 g/mol. The molecule has 3 rings (SSSR count). The van der Waals surface area contributed by atoms with E-state index in [-0.39, 0.29) is 6.10 Å². The highest BCUT2D eigenvalue weighted by Crippen LogP contribution is 2.19. The van der Waals surface area contributed by atoms with Crippen molar-refractivity contribution >= 4 is 11.0 Å². The van der Waals surface area contributed by atoms with Gasteiger partial charge in [0.1, 0.15) is 5.82 Å². The van der Waals surface area contributed by atoms with E-state index in [1.54, 1.807) is 0 Å². The summed E-state index contributed by atoms with van der Waals surface area (Å²) in [5, 5.41) is 0. The molecule has 1 fully saturated rings. The van der Waals surface area contributed by atoms with E-state index in [1.807, 2.05) is 0 Å². The van der Waals surface area contributed by atoms with E-state index in [9.17, 15) is 0 Å². The molecular weight excluding hydrogens is 276 g/mol. The van der Waals surface area contributed by atoms with Gasteiger partial charge < -0.3 is 15.0 Å². The summed E-state index contributed by atoms with van der Waals surface area (Å²) in [7, 11) is 0. The first-order valence-electron chi connectivity index (χ1n) is 8.15. The standard InChI is InChI=1S/C17H26N4O/c1-13(2)10-21-16-6-4-3-5-15(16)19-17(21)12-20-7-8-22-14(9-18)11-20/h3-6,13-14H,7-12,18H2,1-2H3/t14-/m0/s1. The van der Waals surface area contributed by atoms with Crippen LogP contribution in [0.15, 0.2) is 24.3 Å². The molecule has 120 valence electrons. The second-order valence-corrected chi connectivity index (χ2v) is 6.48. The summed E-state index contributed by atoms with van der Waals surface area (Å²) in [6, 6.07) is 8.40. The minimum Gasteiger partial charge on any atom is -0.374 e. The Balaban J connectivity index is 1.85. The van der Waals surface area contributed by atoms with Crippen LogP contribution in [0.1, 0.15) is 19.7 Å². The number of morpholine rings is 1. The second-order valence-electron chi connectivity index (χ2n) is 6.48. The Bertz CT molecular complexity index is 622. The number of aromatic nitrogens is 2. The number of nitrogens with two attached hydrogens (primary N) is 1. The van der Waals surface area contributed by atoms with E-state index < -0.39 is 0 Å². The number of para-hydroxylation sites is 2. The normalized spacial score (nSPS) is 20.1. The lowest BCUT2D eigenvalue weighted by Crippen LogP contribution is -2.45. The Morgan fingerprint density at radius 1 is 1.36 bits per heavy atom. The van der Waals surface area contributed by atoms with E-state index >= 15 is 0 Å². The summed E-state index contributed by atoms with van der Waals surface area (Å²) in [6.07, 6.45) is 0.150. The van der Waals surface area contributed by atoms with Crippen LogP contribution >= 0.6 is 0 Å². The molecule has 1 aliphatic heterocycles. The highest BCUT2D eigenvalue weighted by Gasteiger charge is 2.21. The first-order chi connectivity index (χ1) is 10.7. The Labute approximate surface area is 132 Å². The van der Waals surface area contributed by atoms with Gasteiger partial charge in [0, 0.05) is 26.2 Å². The predicted molar refractivity (Wildman–Crippen MR) is 88.6 cm³/mol. The summed E-state index contributed by atoms with van der Waals surface area (Å²) in [5.74, 6) is 1.74. The molecule has 1 atom stereocenters. The molecule has 1 aromatic carbocycles. The molecule has 0 amide bonds. The summed E-state index contributed by atoms with van der Waals surface area (Å²) in [6.45, 7) is 9.53. The first-order valence-corrected chi connectivity index (χ1v) is 8.15. The SMILES string of the molecule is CC(C)Cn1c(CN2CCO[C@@H](CN)C2)nc2ccccc21. The van der Waals surface area contributed by atoms with Gasteiger partial charge in [0.05, 0.1) is 30.3 Å². The maximum absolute atomic E-state index is 5.74. The van der Waals surface area contributed by atoms with Crippen molar-refractivity contribution < 1.29 is 4.74 Å². The van der Waals surface area contributed by atoms with Crippen molar-refractivity contribution in [3.05, 3.63) is 30.1 Å². The smallest absolute Gasteiger partial charge is 0.124 e. The van der Waals surface area contributed by atoms with E-state index in [2.05, 4.69) is 47.6 Å². The van der Waals surface area contributed by atoms with E-state index in [1.165, 1.54) is 5.52 Å². The molecule has 0 spiro atoms. The number of nitrogens with zero attached hydrogens (tertiary/aromatic N) is 3. The first kappa shape index (κ1) is 15.5. The van der Waals surface area contributed by atoms with Gasteiger partial charge in [-0.15, -0.1) is 0 Å². The fraction of sp³-hybridized carbons (Fsp3) is 0.588. The van der Waals surface area contributed by atoms with Crippen LogP contribution in [0.2, 0.25) is 0 Å². The number of hydrogen-bond acceptors (Lipinski definition) is 4. The van der Waals surface area contributed by atoms with E-state index in [0.717, 1.165) is 44.1 Å². The molecule has 1 aliphatic rings. The molecular formula is C17H26N4O. The zero-order valence-corrected chi connectivity index (χ0v) is 13.5. The van der Waals surface area contributed by atoms with E-state index in [4.69, 9.17) is 15.5 Å². The van der Waals surface area contributed by atoms with Crippen LogP contribution in [-0.2, 0) is 17.8 Å². The molecule has 0 saturated carbocycles. The summed E-state index contributed by atoms with van der Waals surface area (Å²) < 4.78 is 8.02. The minimum atomic E-state index is 0.150. The van der Waals surface area contributed by atoms with Crippen LogP contribution in [-0.4, -0.2) is 46.8 Å². The molecule has 2 heterocycles. The zero-order chi connectivity index (χ0) is 15.5. The van der Waals surface area contributed by atoms with Crippen LogP contribution in [0.25, 0.3) is 11.0 Å². The summed E-state index contributed by atoms with van der Waals surface area (Å²) in [5.41, 5.74) is 8.06. The third-order valence-corrected chi connectivity index (χ3v) is 4.13. The van der Waals surface area contributed by atoms with Crippen molar-refractivity contribution in [2.75, 3.05) is 26.2 Å².